The fraction of sp³-hybridized carbons (Fsp3) is 0.895. The number of urea groups is 1. The highest BCUT2D eigenvalue weighted by molar-refractivity contribution is 5.76. The van der Waals surface area contributed by atoms with Crippen LogP contribution in [0.3, 0.4) is 0 Å². The number of nitriles is 1. The van der Waals surface area contributed by atoms with E-state index in [4.69, 9.17) is 0 Å². The van der Waals surface area contributed by atoms with Crippen molar-refractivity contribution >= 4 is 6.03 Å². The predicted octanol–water partition coefficient (Wildman–Crippen LogP) is 2.72. The van der Waals surface area contributed by atoms with Crippen LogP contribution in [0.1, 0.15) is 58.8 Å². The summed E-state index contributed by atoms with van der Waals surface area (Å²) in [7, 11) is 0. The first-order valence-corrected chi connectivity index (χ1v) is 9.81. The summed E-state index contributed by atoms with van der Waals surface area (Å²) in [6.45, 7) is 5.65. The molecule has 2 bridgehead atoms. The fourth-order valence-corrected chi connectivity index (χ4v) is 5.56. The highest BCUT2D eigenvalue weighted by atomic mass is 16.2. The van der Waals surface area contributed by atoms with Crippen LogP contribution in [0.25, 0.3) is 0 Å². The SMILES string of the molecule is CC1CC2CC(C1)N2C(=O)NC1CCC(C)C(N2CCC2C#N)C1. The number of likely N-dealkylation sites (tertiary alicyclic amines) is 1. The Morgan fingerprint density at radius 1 is 1.08 bits per heavy atom. The highest BCUT2D eigenvalue weighted by Crippen LogP contribution is 2.41. The summed E-state index contributed by atoms with van der Waals surface area (Å²) in [5.74, 6) is 1.39. The third kappa shape index (κ3) is 2.69. The molecule has 2 aliphatic carbocycles. The van der Waals surface area contributed by atoms with Crippen LogP contribution in [0.4, 0.5) is 4.79 Å². The van der Waals surface area contributed by atoms with E-state index >= 15 is 0 Å². The van der Waals surface area contributed by atoms with Crippen molar-refractivity contribution in [2.75, 3.05) is 6.54 Å². The molecule has 2 amide bonds. The largest absolute Gasteiger partial charge is 0.335 e. The molecule has 132 valence electrons. The minimum atomic E-state index is 0.100. The van der Waals surface area contributed by atoms with E-state index in [1.165, 1.54) is 19.3 Å². The molecular formula is C19H30N4O. The van der Waals surface area contributed by atoms with Gasteiger partial charge in [0, 0.05) is 30.7 Å². The van der Waals surface area contributed by atoms with Gasteiger partial charge in [0.25, 0.3) is 0 Å². The molecule has 0 aromatic carbocycles. The molecule has 6 atom stereocenters. The Labute approximate surface area is 145 Å². The zero-order valence-electron chi connectivity index (χ0n) is 14.9. The molecule has 0 aromatic heterocycles. The lowest BCUT2D eigenvalue weighted by atomic mass is 9.74. The molecule has 5 nitrogen and oxygen atoms in total. The van der Waals surface area contributed by atoms with Crippen molar-refractivity contribution in [3.05, 3.63) is 0 Å². The van der Waals surface area contributed by atoms with E-state index in [0.717, 1.165) is 38.1 Å². The number of hydrogen-bond donors (Lipinski definition) is 1. The molecule has 1 N–H and O–H groups in total. The van der Waals surface area contributed by atoms with E-state index in [2.05, 4.69) is 35.0 Å². The van der Waals surface area contributed by atoms with E-state index in [1.54, 1.807) is 0 Å². The van der Waals surface area contributed by atoms with Gasteiger partial charge in [0.1, 0.15) is 0 Å². The molecule has 5 rings (SSSR count). The second kappa shape index (κ2) is 6.22. The summed E-state index contributed by atoms with van der Waals surface area (Å²) in [5, 5.41) is 12.6. The number of fused-ring (bicyclic) bond motifs is 2. The molecule has 0 radical (unpaired) electrons. The van der Waals surface area contributed by atoms with Crippen LogP contribution >= 0.6 is 0 Å². The fourth-order valence-electron chi connectivity index (χ4n) is 5.56. The number of piperidine rings is 1. The third-order valence-corrected chi connectivity index (χ3v) is 7.03. The van der Waals surface area contributed by atoms with Gasteiger partial charge in [-0.1, -0.05) is 13.8 Å². The summed E-state index contributed by atoms with van der Waals surface area (Å²) in [6.07, 6.45) is 7.79. The van der Waals surface area contributed by atoms with Gasteiger partial charge in [-0.3, -0.25) is 4.90 Å². The van der Waals surface area contributed by atoms with Crippen LogP contribution in [0, 0.1) is 23.2 Å². The van der Waals surface area contributed by atoms with E-state index in [0.29, 0.717) is 24.0 Å². The maximum atomic E-state index is 12.7. The summed E-state index contributed by atoms with van der Waals surface area (Å²) in [5.41, 5.74) is 0. The van der Waals surface area contributed by atoms with E-state index in [-0.39, 0.29) is 18.1 Å². The predicted molar refractivity (Wildman–Crippen MR) is 92.3 cm³/mol. The average molecular weight is 330 g/mol. The molecule has 6 unspecified atom stereocenters. The van der Waals surface area contributed by atoms with Crippen molar-refractivity contribution in [3.8, 4) is 6.07 Å². The molecule has 5 aliphatic rings. The van der Waals surface area contributed by atoms with E-state index in [9.17, 15) is 10.1 Å². The Morgan fingerprint density at radius 2 is 1.83 bits per heavy atom. The van der Waals surface area contributed by atoms with E-state index in [1.807, 2.05) is 0 Å². The van der Waals surface area contributed by atoms with Gasteiger partial charge < -0.3 is 10.2 Å². The first kappa shape index (κ1) is 16.2. The summed E-state index contributed by atoms with van der Waals surface area (Å²) in [6, 6.07) is 4.39. The van der Waals surface area contributed by atoms with Gasteiger partial charge in [-0.15, -0.1) is 0 Å². The zero-order chi connectivity index (χ0) is 16.8. The van der Waals surface area contributed by atoms with Crippen molar-refractivity contribution in [3.63, 3.8) is 0 Å². The molecule has 3 aliphatic heterocycles. The summed E-state index contributed by atoms with van der Waals surface area (Å²) >= 11 is 0. The molecular weight excluding hydrogens is 300 g/mol. The van der Waals surface area contributed by atoms with Crippen LogP contribution in [0.5, 0.6) is 0 Å². The summed E-state index contributed by atoms with van der Waals surface area (Å²) < 4.78 is 0. The minimum absolute atomic E-state index is 0.100. The third-order valence-electron chi connectivity index (χ3n) is 7.03. The van der Waals surface area contributed by atoms with Gasteiger partial charge in [0.15, 0.2) is 0 Å². The molecule has 0 aromatic rings. The monoisotopic (exact) mass is 330 g/mol. The Bertz CT molecular complexity index is 532. The number of rotatable bonds is 2. The average Bonchev–Trinajstić information content (AvgIpc) is 2.49. The van der Waals surface area contributed by atoms with Crippen LogP contribution < -0.4 is 5.32 Å². The molecule has 3 heterocycles. The molecule has 2 saturated carbocycles. The van der Waals surface area contributed by atoms with Gasteiger partial charge in [-0.05, 0) is 56.8 Å². The van der Waals surface area contributed by atoms with Crippen molar-refractivity contribution in [1.82, 2.24) is 15.1 Å². The lowest BCUT2D eigenvalue weighted by molar-refractivity contribution is -0.0156. The Balaban J connectivity index is 1.34. The van der Waals surface area contributed by atoms with Crippen LogP contribution in [0.2, 0.25) is 0 Å². The molecule has 3 saturated heterocycles. The van der Waals surface area contributed by atoms with Crippen molar-refractivity contribution in [1.29, 1.82) is 5.26 Å². The van der Waals surface area contributed by atoms with E-state index < -0.39 is 0 Å². The smallest absolute Gasteiger partial charge is 0.318 e. The first-order chi connectivity index (χ1) is 11.6. The lowest BCUT2D eigenvalue weighted by Gasteiger charge is -2.55. The Kier molecular flexibility index (Phi) is 4.20. The molecule has 5 fully saturated rings. The van der Waals surface area contributed by atoms with Gasteiger partial charge in [-0.25, -0.2) is 4.79 Å². The van der Waals surface area contributed by atoms with Crippen LogP contribution in [-0.2, 0) is 0 Å². The standard InChI is InChI=1S/C19H30N4O/c1-12-7-16-10-17(8-12)23(16)19(24)21-14-4-3-13(2)18(9-14)22-6-5-15(22)11-20/h12-18H,3-10H2,1-2H3,(H,21,24). The molecule has 5 heteroatoms. The quantitative estimate of drug-likeness (QED) is 0.847. The number of carbonyl (C=O) groups excluding carboxylic acids is 1. The maximum Gasteiger partial charge on any atom is 0.318 e. The van der Waals surface area contributed by atoms with Crippen molar-refractivity contribution in [2.45, 2.75) is 89.0 Å². The number of nitrogens with one attached hydrogen (secondary N) is 1. The molecule has 0 spiro atoms. The molecule has 24 heavy (non-hydrogen) atoms. The minimum Gasteiger partial charge on any atom is -0.335 e. The highest BCUT2D eigenvalue weighted by Gasteiger charge is 2.47. The van der Waals surface area contributed by atoms with Gasteiger partial charge in [0.05, 0.1) is 12.1 Å². The normalized spacial score (nSPS) is 44.9. The Hall–Kier alpha value is -1.28. The lowest BCUT2D eigenvalue weighted by Crippen LogP contribution is -2.66. The number of hydrogen-bond acceptors (Lipinski definition) is 3. The van der Waals surface area contributed by atoms with Crippen LogP contribution in [0.15, 0.2) is 0 Å². The Morgan fingerprint density at radius 3 is 2.46 bits per heavy atom. The first-order valence-electron chi connectivity index (χ1n) is 9.81. The topological polar surface area (TPSA) is 59.4 Å². The second-order valence-corrected chi connectivity index (χ2v) is 8.70. The summed E-state index contributed by atoms with van der Waals surface area (Å²) in [4.78, 5) is 17.2. The van der Waals surface area contributed by atoms with Crippen molar-refractivity contribution in [2.24, 2.45) is 11.8 Å². The number of nitrogens with zero attached hydrogens (tertiary/aromatic N) is 3. The van der Waals surface area contributed by atoms with Gasteiger partial charge in [0.2, 0.25) is 0 Å². The van der Waals surface area contributed by atoms with Crippen molar-refractivity contribution < 1.29 is 4.79 Å². The number of carbonyl (C=O) groups is 1. The van der Waals surface area contributed by atoms with Gasteiger partial charge >= 0.3 is 6.03 Å². The second-order valence-electron chi connectivity index (χ2n) is 8.70. The number of amides is 2. The van der Waals surface area contributed by atoms with Crippen LogP contribution in [-0.4, -0.2) is 52.6 Å². The maximum absolute atomic E-state index is 12.7. The zero-order valence-corrected chi connectivity index (χ0v) is 14.9. The van der Waals surface area contributed by atoms with Gasteiger partial charge in [-0.2, -0.15) is 5.26 Å².